The van der Waals surface area contributed by atoms with Gasteiger partial charge in [0.05, 0.1) is 25.8 Å². The fraction of sp³-hybridized carbons (Fsp3) is 0.905. The zero-order valence-corrected chi connectivity index (χ0v) is 19.2. The zero-order valence-electron chi connectivity index (χ0n) is 19.2. The van der Waals surface area contributed by atoms with E-state index in [0.717, 1.165) is 58.3 Å². The van der Waals surface area contributed by atoms with Crippen molar-refractivity contribution in [1.29, 1.82) is 0 Å². The molecule has 170 valence electrons. The number of guanidine groups is 1. The van der Waals surface area contributed by atoms with Crippen molar-refractivity contribution in [2.75, 3.05) is 46.1 Å². The first-order valence-corrected chi connectivity index (χ1v) is 10.9. The van der Waals surface area contributed by atoms with Crippen LogP contribution in [0.4, 0.5) is 4.79 Å². The second-order valence-electron chi connectivity index (χ2n) is 8.80. The summed E-state index contributed by atoms with van der Waals surface area (Å²) in [6, 6.07) is -0.0997. The minimum Gasteiger partial charge on any atom is -0.444 e. The number of nitrogens with one attached hydrogen (secondary N) is 3. The van der Waals surface area contributed by atoms with E-state index in [9.17, 15) is 4.79 Å². The molecule has 0 aromatic carbocycles. The van der Waals surface area contributed by atoms with Crippen LogP contribution < -0.4 is 16.0 Å². The number of alkyl carbamates (subject to hydrolysis) is 1. The first kappa shape index (κ1) is 25.5. The quantitative estimate of drug-likeness (QED) is 0.273. The third-order valence-corrected chi connectivity index (χ3v) is 4.43. The van der Waals surface area contributed by atoms with Crippen LogP contribution in [-0.4, -0.2) is 69.8 Å². The van der Waals surface area contributed by atoms with Crippen molar-refractivity contribution in [2.24, 2.45) is 16.8 Å². The highest BCUT2D eigenvalue weighted by Gasteiger charge is 2.21. The maximum absolute atomic E-state index is 12.1. The summed E-state index contributed by atoms with van der Waals surface area (Å²) < 4.78 is 16.4. The van der Waals surface area contributed by atoms with Gasteiger partial charge in [0.2, 0.25) is 0 Å². The Labute approximate surface area is 176 Å². The highest BCUT2D eigenvalue weighted by molar-refractivity contribution is 5.79. The first-order valence-electron chi connectivity index (χ1n) is 10.9. The molecule has 0 radical (unpaired) electrons. The van der Waals surface area contributed by atoms with Gasteiger partial charge in [0.25, 0.3) is 0 Å². The lowest BCUT2D eigenvalue weighted by atomic mass is 10.1. The van der Waals surface area contributed by atoms with E-state index in [-0.39, 0.29) is 12.0 Å². The monoisotopic (exact) mass is 414 g/mol. The summed E-state index contributed by atoms with van der Waals surface area (Å²) in [5.41, 5.74) is -0.516. The molecule has 1 aliphatic rings. The van der Waals surface area contributed by atoms with E-state index >= 15 is 0 Å². The van der Waals surface area contributed by atoms with Crippen LogP contribution in [0.5, 0.6) is 0 Å². The Morgan fingerprint density at radius 2 is 2.03 bits per heavy atom. The summed E-state index contributed by atoms with van der Waals surface area (Å²) in [6.07, 6.45) is 1.60. The minimum absolute atomic E-state index is 0.0997. The van der Waals surface area contributed by atoms with Gasteiger partial charge in [-0.15, -0.1) is 0 Å². The summed E-state index contributed by atoms with van der Waals surface area (Å²) in [5, 5.41) is 9.49. The molecule has 8 nitrogen and oxygen atoms in total. The smallest absolute Gasteiger partial charge is 0.407 e. The van der Waals surface area contributed by atoms with E-state index in [1.807, 2.05) is 27.7 Å². The van der Waals surface area contributed by atoms with Crippen molar-refractivity contribution in [3.05, 3.63) is 0 Å². The van der Waals surface area contributed by atoms with Crippen LogP contribution in [0.1, 0.15) is 54.4 Å². The Morgan fingerprint density at radius 1 is 1.28 bits per heavy atom. The molecule has 0 aliphatic carbocycles. The van der Waals surface area contributed by atoms with E-state index < -0.39 is 11.7 Å². The SMILES string of the molecule is CCNC(=NCC(NC(=O)OC(C)(C)C)C(C)C)NCCCOCC1CCOC1. The lowest BCUT2D eigenvalue weighted by Gasteiger charge is -2.25. The van der Waals surface area contributed by atoms with E-state index in [0.29, 0.717) is 12.5 Å². The Morgan fingerprint density at radius 3 is 2.62 bits per heavy atom. The van der Waals surface area contributed by atoms with Crippen LogP contribution in [0, 0.1) is 11.8 Å². The standard InChI is InChI=1S/C21H42N4O4/c1-7-22-19(23-10-8-11-27-14-17-9-12-28-15-17)24-13-18(16(2)3)25-20(26)29-21(4,5)6/h16-18H,7-15H2,1-6H3,(H,25,26)(H2,22,23,24). The Bertz CT molecular complexity index is 486. The molecule has 0 spiro atoms. The Balaban J connectivity index is 2.36. The number of ether oxygens (including phenoxy) is 3. The average molecular weight is 415 g/mol. The van der Waals surface area contributed by atoms with Crippen LogP contribution >= 0.6 is 0 Å². The summed E-state index contributed by atoms with van der Waals surface area (Å²) >= 11 is 0. The number of rotatable bonds is 11. The minimum atomic E-state index is -0.516. The summed E-state index contributed by atoms with van der Waals surface area (Å²) in [6.45, 7) is 16.9. The number of carbonyl (C=O) groups excluding carboxylic acids is 1. The molecule has 0 aromatic rings. The highest BCUT2D eigenvalue weighted by atomic mass is 16.6. The average Bonchev–Trinajstić information content (AvgIpc) is 3.12. The fourth-order valence-electron chi connectivity index (χ4n) is 2.76. The number of amides is 1. The van der Waals surface area contributed by atoms with Crippen molar-refractivity contribution in [3.8, 4) is 0 Å². The van der Waals surface area contributed by atoms with Gasteiger partial charge in [-0.1, -0.05) is 13.8 Å². The third kappa shape index (κ3) is 12.6. The molecule has 1 heterocycles. The number of hydrogen-bond donors (Lipinski definition) is 3. The lowest BCUT2D eigenvalue weighted by Crippen LogP contribution is -2.45. The molecule has 1 aliphatic heterocycles. The molecule has 0 saturated carbocycles. The van der Waals surface area contributed by atoms with Crippen LogP contribution in [0.3, 0.4) is 0 Å². The molecule has 0 bridgehead atoms. The summed E-state index contributed by atoms with van der Waals surface area (Å²) in [4.78, 5) is 16.7. The Hall–Kier alpha value is -1.54. The van der Waals surface area contributed by atoms with Crippen LogP contribution in [0.15, 0.2) is 4.99 Å². The van der Waals surface area contributed by atoms with Crippen molar-refractivity contribution in [3.63, 3.8) is 0 Å². The molecule has 1 saturated heterocycles. The van der Waals surface area contributed by atoms with E-state index in [2.05, 4.69) is 34.8 Å². The molecule has 2 unspecified atom stereocenters. The topological polar surface area (TPSA) is 93.2 Å². The predicted molar refractivity (Wildman–Crippen MR) is 116 cm³/mol. The zero-order chi connectivity index (χ0) is 21.7. The molecule has 1 amide bonds. The van der Waals surface area contributed by atoms with Gasteiger partial charge in [0.1, 0.15) is 5.60 Å². The molecule has 29 heavy (non-hydrogen) atoms. The molecular weight excluding hydrogens is 372 g/mol. The third-order valence-electron chi connectivity index (χ3n) is 4.43. The van der Waals surface area contributed by atoms with Gasteiger partial charge in [-0.25, -0.2) is 4.79 Å². The van der Waals surface area contributed by atoms with Crippen LogP contribution in [0.2, 0.25) is 0 Å². The van der Waals surface area contributed by atoms with E-state index in [1.54, 1.807) is 0 Å². The van der Waals surface area contributed by atoms with Gasteiger partial charge in [0.15, 0.2) is 5.96 Å². The van der Waals surface area contributed by atoms with E-state index in [1.165, 1.54) is 0 Å². The number of nitrogens with zero attached hydrogens (tertiary/aromatic N) is 1. The normalized spacial score (nSPS) is 18.6. The van der Waals surface area contributed by atoms with Gasteiger partial charge < -0.3 is 30.2 Å². The lowest BCUT2D eigenvalue weighted by molar-refractivity contribution is 0.0493. The van der Waals surface area contributed by atoms with Gasteiger partial charge >= 0.3 is 6.09 Å². The summed E-state index contributed by atoms with van der Waals surface area (Å²) in [5.74, 6) is 1.53. The van der Waals surface area contributed by atoms with Crippen LogP contribution in [-0.2, 0) is 14.2 Å². The van der Waals surface area contributed by atoms with E-state index in [4.69, 9.17) is 14.2 Å². The summed E-state index contributed by atoms with van der Waals surface area (Å²) in [7, 11) is 0. The molecule has 8 heteroatoms. The molecule has 2 atom stereocenters. The van der Waals surface area contributed by atoms with Crippen molar-refractivity contribution < 1.29 is 19.0 Å². The van der Waals surface area contributed by atoms with Gasteiger partial charge in [0, 0.05) is 32.2 Å². The molecule has 0 aromatic heterocycles. The predicted octanol–water partition coefficient (Wildman–Crippen LogP) is 2.53. The second kappa shape index (κ2) is 13.6. The first-order chi connectivity index (χ1) is 13.7. The molecule has 1 fully saturated rings. The van der Waals surface area contributed by atoms with Crippen molar-refractivity contribution >= 4 is 12.1 Å². The Kier molecular flexibility index (Phi) is 12.0. The molecule has 1 rings (SSSR count). The fourth-order valence-corrected chi connectivity index (χ4v) is 2.76. The van der Waals surface area contributed by atoms with Gasteiger partial charge in [-0.2, -0.15) is 0 Å². The highest BCUT2D eigenvalue weighted by Crippen LogP contribution is 2.12. The van der Waals surface area contributed by atoms with Crippen molar-refractivity contribution in [1.82, 2.24) is 16.0 Å². The maximum atomic E-state index is 12.1. The van der Waals surface area contributed by atoms with Crippen LogP contribution in [0.25, 0.3) is 0 Å². The maximum Gasteiger partial charge on any atom is 0.407 e. The number of carbonyl (C=O) groups is 1. The largest absolute Gasteiger partial charge is 0.444 e. The molecule has 3 N–H and O–H groups in total. The number of hydrogen-bond acceptors (Lipinski definition) is 5. The van der Waals surface area contributed by atoms with Gasteiger partial charge in [-0.3, -0.25) is 4.99 Å². The number of aliphatic imine (C=N–C) groups is 1. The molecular formula is C21H42N4O4. The van der Waals surface area contributed by atoms with Gasteiger partial charge in [-0.05, 0) is 46.5 Å². The van der Waals surface area contributed by atoms with Crippen molar-refractivity contribution in [2.45, 2.75) is 66.0 Å². The second-order valence-corrected chi connectivity index (χ2v) is 8.80.